The summed E-state index contributed by atoms with van der Waals surface area (Å²) in [6.07, 6.45) is -0.990. The first-order valence-electron chi connectivity index (χ1n) is 4.11. The van der Waals surface area contributed by atoms with Gasteiger partial charge >= 0.3 is 0 Å². The van der Waals surface area contributed by atoms with Crippen molar-refractivity contribution in [3.8, 4) is 0 Å². The lowest BCUT2D eigenvalue weighted by atomic mass is 10.1. The van der Waals surface area contributed by atoms with E-state index in [2.05, 4.69) is 0 Å². The van der Waals surface area contributed by atoms with Crippen molar-refractivity contribution in [2.75, 3.05) is 7.11 Å². The fraction of sp³-hybridized carbons (Fsp3) is 0.400. The summed E-state index contributed by atoms with van der Waals surface area (Å²) in [6, 6.07) is 5.92. The van der Waals surface area contributed by atoms with Crippen LogP contribution < -0.4 is 0 Å². The molecule has 0 bridgehead atoms. The van der Waals surface area contributed by atoms with Crippen molar-refractivity contribution in [3.05, 3.63) is 35.6 Å². The van der Waals surface area contributed by atoms with Crippen LogP contribution >= 0.6 is 0 Å². The van der Waals surface area contributed by atoms with Gasteiger partial charge in [-0.15, -0.1) is 0 Å². The Morgan fingerprint density at radius 2 is 1.85 bits per heavy atom. The number of hydrogen-bond donors (Lipinski definition) is 1. The van der Waals surface area contributed by atoms with Crippen LogP contribution in [0.1, 0.15) is 18.6 Å². The van der Waals surface area contributed by atoms with Crippen LogP contribution in [0.3, 0.4) is 0 Å². The molecule has 0 radical (unpaired) electrons. The Morgan fingerprint density at radius 3 is 2.23 bits per heavy atom. The number of rotatable bonds is 3. The molecule has 0 saturated heterocycles. The van der Waals surface area contributed by atoms with Crippen molar-refractivity contribution in [1.82, 2.24) is 0 Å². The molecule has 1 aromatic carbocycles. The second-order valence-corrected chi connectivity index (χ2v) is 2.95. The minimum Gasteiger partial charge on any atom is -0.390 e. The number of ether oxygens (including phenoxy) is 1. The quantitative estimate of drug-likeness (QED) is 0.777. The fourth-order valence-electron chi connectivity index (χ4n) is 1.26. The van der Waals surface area contributed by atoms with Crippen LogP contribution in [0.5, 0.6) is 0 Å². The molecule has 0 fully saturated rings. The number of hydrogen-bond acceptors (Lipinski definition) is 2. The molecular weight excluding hydrogens is 171 g/mol. The largest absolute Gasteiger partial charge is 0.390 e. The standard InChI is InChI=1S/C10H13FO2/c1-7(12)10(13-2)8-3-5-9(11)6-4-8/h3-7,10,12H,1-2H3. The molecule has 3 heteroatoms. The molecule has 0 amide bonds. The minimum absolute atomic E-state index is 0.288. The third kappa shape index (κ3) is 2.50. The highest BCUT2D eigenvalue weighted by Crippen LogP contribution is 2.20. The highest BCUT2D eigenvalue weighted by atomic mass is 19.1. The van der Waals surface area contributed by atoms with Crippen LogP contribution in [0.2, 0.25) is 0 Å². The number of aliphatic hydroxyl groups excluding tert-OH is 1. The van der Waals surface area contributed by atoms with Crippen molar-refractivity contribution >= 4 is 0 Å². The third-order valence-electron chi connectivity index (χ3n) is 1.89. The van der Waals surface area contributed by atoms with Crippen LogP contribution in [0.4, 0.5) is 4.39 Å². The molecule has 0 aliphatic heterocycles. The number of benzene rings is 1. The van der Waals surface area contributed by atoms with Crippen molar-refractivity contribution < 1.29 is 14.2 Å². The maximum absolute atomic E-state index is 12.6. The highest BCUT2D eigenvalue weighted by Gasteiger charge is 2.15. The monoisotopic (exact) mass is 184 g/mol. The normalized spacial score (nSPS) is 15.4. The van der Waals surface area contributed by atoms with E-state index in [0.717, 1.165) is 5.56 Å². The molecule has 0 spiro atoms. The molecule has 13 heavy (non-hydrogen) atoms. The molecular formula is C10H13FO2. The van der Waals surface area contributed by atoms with Gasteiger partial charge in [0.25, 0.3) is 0 Å². The summed E-state index contributed by atoms with van der Waals surface area (Å²) in [5.74, 6) is -0.288. The summed E-state index contributed by atoms with van der Waals surface area (Å²) in [5, 5.41) is 9.32. The highest BCUT2D eigenvalue weighted by molar-refractivity contribution is 5.19. The van der Waals surface area contributed by atoms with E-state index in [1.54, 1.807) is 19.1 Å². The van der Waals surface area contributed by atoms with Crippen molar-refractivity contribution in [2.45, 2.75) is 19.1 Å². The molecule has 1 N–H and O–H groups in total. The van der Waals surface area contributed by atoms with Crippen molar-refractivity contribution in [2.24, 2.45) is 0 Å². The first-order valence-corrected chi connectivity index (χ1v) is 4.11. The molecule has 0 aliphatic carbocycles. The molecule has 0 heterocycles. The maximum Gasteiger partial charge on any atom is 0.123 e. The van der Waals surface area contributed by atoms with Gasteiger partial charge < -0.3 is 9.84 Å². The van der Waals surface area contributed by atoms with Gasteiger partial charge in [-0.2, -0.15) is 0 Å². The van der Waals surface area contributed by atoms with Gasteiger partial charge in [-0.25, -0.2) is 4.39 Å². The second-order valence-electron chi connectivity index (χ2n) is 2.95. The summed E-state index contributed by atoms with van der Waals surface area (Å²) in [7, 11) is 1.51. The average molecular weight is 184 g/mol. The Kier molecular flexibility index (Phi) is 3.39. The number of halogens is 1. The summed E-state index contributed by atoms with van der Waals surface area (Å²) in [5.41, 5.74) is 0.777. The van der Waals surface area contributed by atoms with Crippen LogP contribution in [0.25, 0.3) is 0 Å². The van der Waals surface area contributed by atoms with Crippen LogP contribution in [-0.4, -0.2) is 18.3 Å². The summed E-state index contributed by atoms with van der Waals surface area (Å²) in [4.78, 5) is 0. The Morgan fingerprint density at radius 1 is 1.31 bits per heavy atom. The van der Waals surface area contributed by atoms with E-state index >= 15 is 0 Å². The lowest BCUT2D eigenvalue weighted by Crippen LogP contribution is -2.16. The predicted octanol–water partition coefficient (Wildman–Crippen LogP) is 1.89. The van der Waals surface area contributed by atoms with Gasteiger partial charge in [0.1, 0.15) is 11.9 Å². The summed E-state index contributed by atoms with van der Waals surface area (Å²) in [6.45, 7) is 1.64. The lowest BCUT2D eigenvalue weighted by molar-refractivity contribution is -0.00351. The molecule has 0 aliphatic rings. The number of aliphatic hydroxyl groups is 1. The molecule has 0 aromatic heterocycles. The predicted molar refractivity (Wildman–Crippen MR) is 47.8 cm³/mol. The van der Waals surface area contributed by atoms with E-state index in [-0.39, 0.29) is 11.9 Å². The Bertz CT molecular complexity index is 256. The Labute approximate surface area is 77.0 Å². The van der Waals surface area contributed by atoms with Gasteiger partial charge in [0, 0.05) is 7.11 Å². The SMILES string of the molecule is COC(c1ccc(F)cc1)C(C)O. The number of methoxy groups -OCH3 is 1. The fourth-order valence-corrected chi connectivity index (χ4v) is 1.26. The van der Waals surface area contributed by atoms with Crippen LogP contribution in [-0.2, 0) is 4.74 Å². The summed E-state index contributed by atoms with van der Waals surface area (Å²) >= 11 is 0. The minimum atomic E-state index is -0.601. The third-order valence-corrected chi connectivity index (χ3v) is 1.89. The van der Waals surface area contributed by atoms with Gasteiger partial charge in [0.05, 0.1) is 6.10 Å². The van der Waals surface area contributed by atoms with Gasteiger partial charge in [0.2, 0.25) is 0 Å². The van der Waals surface area contributed by atoms with Crippen molar-refractivity contribution in [3.63, 3.8) is 0 Å². The molecule has 1 aromatic rings. The van der Waals surface area contributed by atoms with Gasteiger partial charge in [-0.3, -0.25) is 0 Å². The first-order chi connectivity index (χ1) is 6.15. The van der Waals surface area contributed by atoms with Gasteiger partial charge in [-0.05, 0) is 24.6 Å². The van der Waals surface area contributed by atoms with Crippen molar-refractivity contribution in [1.29, 1.82) is 0 Å². The molecule has 2 unspecified atom stereocenters. The average Bonchev–Trinajstić information content (AvgIpc) is 2.09. The molecule has 2 nitrogen and oxygen atoms in total. The zero-order valence-electron chi connectivity index (χ0n) is 7.70. The van der Waals surface area contributed by atoms with E-state index < -0.39 is 6.10 Å². The van der Waals surface area contributed by atoms with E-state index in [1.165, 1.54) is 19.2 Å². The Balaban J connectivity index is 2.86. The molecule has 2 atom stereocenters. The van der Waals surface area contributed by atoms with Crippen LogP contribution in [0.15, 0.2) is 24.3 Å². The molecule has 72 valence electrons. The van der Waals surface area contributed by atoms with Gasteiger partial charge in [-0.1, -0.05) is 12.1 Å². The Hall–Kier alpha value is -0.930. The smallest absolute Gasteiger partial charge is 0.123 e. The zero-order valence-corrected chi connectivity index (χ0v) is 7.70. The topological polar surface area (TPSA) is 29.5 Å². The van der Waals surface area contributed by atoms with E-state index in [4.69, 9.17) is 4.74 Å². The zero-order chi connectivity index (χ0) is 9.84. The second kappa shape index (κ2) is 4.35. The molecule has 1 rings (SSSR count). The van der Waals surface area contributed by atoms with Crippen LogP contribution in [0, 0.1) is 5.82 Å². The van der Waals surface area contributed by atoms with E-state index in [0.29, 0.717) is 0 Å². The first kappa shape index (κ1) is 10.2. The molecule has 0 saturated carbocycles. The van der Waals surface area contributed by atoms with E-state index in [9.17, 15) is 9.50 Å². The summed E-state index contributed by atoms with van der Waals surface area (Å²) < 4.78 is 17.6. The maximum atomic E-state index is 12.6. The lowest BCUT2D eigenvalue weighted by Gasteiger charge is -2.18. The van der Waals surface area contributed by atoms with E-state index in [1.807, 2.05) is 0 Å². The van der Waals surface area contributed by atoms with Gasteiger partial charge in [0.15, 0.2) is 0 Å².